The zero-order valence-electron chi connectivity index (χ0n) is 17.0. The lowest BCUT2D eigenvalue weighted by Gasteiger charge is -2.07. The first-order valence-electron chi connectivity index (χ1n) is 10.2. The highest BCUT2D eigenvalue weighted by atomic mass is 79.9. The standard InChI is InChI=1S/C22H32BrFO4/c1-17(2)10-9-15-27-21(25)11-7-5-3-4-6-8-12-22(26)28-20-14-13-18(24)16-19(20)23/h13-14,16-17H,3-12,15H2,1-2H3. The van der Waals surface area contributed by atoms with Crippen molar-refractivity contribution in [2.24, 2.45) is 5.92 Å². The Balaban J connectivity index is 1.97. The van der Waals surface area contributed by atoms with Crippen molar-refractivity contribution in [2.75, 3.05) is 6.61 Å². The van der Waals surface area contributed by atoms with Gasteiger partial charge in [-0.1, -0.05) is 39.5 Å². The second kappa shape index (κ2) is 14.6. The van der Waals surface area contributed by atoms with E-state index in [1.807, 2.05) is 0 Å². The molecule has 0 bridgehead atoms. The number of halogens is 2. The summed E-state index contributed by atoms with van der Waals surface area (Å²) < 4.78 is 23.9. The molecule has 0 saturated carbocycles. The van der Waals surface area contributed by atoms with E-state index in [1.165, 1.54) is 18.2 Å². The van der Waals surface area contributed by atoms with Crippen molar-refractivity contribution in [1.29, 1.82) is 0 Å². The van der Waals surface area contributed by atoms with Gasteiger partial charge < -0.3 is 9.47 Å². The highest BCUT2D eigenvalue weighted by Crippen LogP contribution is 2.26. The first-order chi connectivity index (χ1) is 13.4. The highest BCUT2D eigenvalue weighted by molar-refractivity contribution is 9.10. The van der Waals surface area contributed by atoms with Crippen molar-refractivity contribution < 1.29 is 23.5 Å². The summed E-state index contributed by atoms with van der Waals surface area (Å²) in [5.74, 6) is 0.185. The monoisotopic (exact) mass is 458 g/mol. The van der Waals surface area contributed by atoms with Crippen LogP contribution in [0.5, 0.6) is 5.75 Å². The van der Waals surface area contributed by atoms with Gasteiger partial charge in [-0.15, -0.1) is 0 Å². The normalized spacial score (nSPS) is 10.9. The largest absolute Gasteiger partial charge is 0.466 e. The van der Waals surface area contributed by atoms with Crippen LogP contribution in [0.25, 0.3) is 0 Å². The molecule has 6 heteroatoms. The molecule has 4 nitrogen and oxygen atoms in total. The van der Waals surface area contributed by atoms with Crippen LogP contribution >= 0.6 is 15.9 Å². The van der Waals surface area contributed by atoms with E-state index in [0.29, 0.717) is 35.6 Å². The fraction of sp³-hybridized carbons (Fsp3) is 0.636. The minimum absolute atomic E-state index is 0.0987. The van der Waals surface area contributed by atoms with Gasteiger partial charge in [-0.25, -0.2) is 4.39 Å². The number of hydrogen-bond donors (Lipinski definition) is 0. The lowest BCUT2D eigenvalue weighted by atomic mass is 10.1. The molecule has 1 aromatic carbocycles. The van der Waals surface area contributed by atoms with Gasteiger partial charge in [0.1, 0.15) is 11.6 Å². The fourth-order valence-corrected chi connectivity index (χ4v) is 3.16. The van der Waals surface area contributed by atoms with E-state index < -0.39 is 0 Å². The third-order valence-electron chi connectivity index (χ3n) is 4.32. The average molecular weight is 459 g/mol. The smallest absolute Gasteiger partial charge is 0.311 e. The Morgan fingerprint density at radius 1 is 0.964 bits per heavy atom. The molecule has 158 valence electrons. The Morgan fingerprint density at radius 2 is 1.57 bits per heavy atom. The van der Waals surface area contributed by atoms with Crippen LogP contribution in [0.3, 0.4) is 0 Å². The SMILES string of the molecule is CC(C)CCCOC(=O)CCCCCCCCC(=O)Oc1ccc(F)cc1Br. The maximum atomic E-state index is 13.0. The Kier molecular flexibility index (Phi) is 12.8. The number of ether oxygens (including phenoxy) is 2. The molecule has 0 N–H and O–H groups in total. The molecule has 0 saturated heterocycles. The zero-order valence-corrected chi connectivity index (χ0v) is 18.6. The Morgan fingerprint density at radius 3 is 2.18 bits per heavy atom. The molecule has 0 spiro atoms. The Labute approximate surface area is 176 Å². The summed E-state index contributed by atoms with van der Waals surface area (Å²) in [5.41, 5.74) is 0. The summed E-state index contributed by atoms with van der Waals surface area (Å²) in [6, 6.07) is 3.96. The van der Waals surface area contributed by atoms with E-state index in [2.05, 4.69) is 29.8 Å². The molecular formula is C22H32BrFO4. The molecule has 0 aliphatic rings. The number of benzene rings is 1. The van der Waals surface area contributed by atoms with Gasteiger partial charge in [-0.3, -0.25) is 9.59 Å². The average Bonchev–Trinajstić information content (AvgIpc) is 2.63. The van der Waals surface area contributed by atoms with E-state index in [4.69, 9.17) is 9.47 Å². The predicted octanol–water partition coefficient (Wildman–Crippen LogP) is 6.59. The predicted molar refractivity (Wildman–Crippen MR) is 112 cm³/mol. The van der Waals surface area contributed by atoms with Gasteiger partial charge in [0.25, 0.3) is 0 Å². The van der Waals surface area contributed by atoms with E-state index >= 15 is 0 Å². The Hall–Kier alpha value is -1.43. The van der Waals surface area contributed by atoms with E-state index in [1.54, 1.807) is 0 Å². The molecule has 0 unspecified atom stereocenters. The van der Waals surface area contributed by atoms with Crippen molar-refractivity contribution in [3.8, 4) is 5.75 Å². The summed E-state index contributed by atoms with van der Waals surface area (Å²) in [7, 11) is 0. The van der Waals surface area contributed by atoms with E-state index in [-0.39, 0.29) is 17.8 Å². The van der Waals surface area contributed by atoms with Gasteiger partial charge in [-0.2, -0.15) is 0 Å². The van der Waals surface area contributed by atoms with Gasteiger partial charge >= 0.3 is 11.9 Å². The molecule has 1 aromatic rings. The first-order valence-corrected chi connectivity index (χ1v) is 11.0. The molecule has 0 fully saturated rings. The lowest BCUT2D eigenvalue weighted by Crippen LogP contribution is -2.08. The minimum Gasteiger partial charge on any atom is -0.466 e. The van der Waals surface area contributed by atoms with Crippen LogP contribution in [0.1, 0.15) is 78.1 Å². The molecule has 1 rings (SSSR count). The second-order valence-corrected chi connectivity index (χ2v) is 8.28. The molecular weight excluding hydrogens is 427 g/mol. The number of rotatable bonds is 14. The maximum absolute atomic E-state index is 13.0. The molecule has 0 aliphatic heterocycles. The number of carbonyl (C=O) groups excluding carboxylic acids is 2. The summed E-state index contributed by atoms with van der Waals surface area (Å²) in [6.07, 6.45) is 8.46. The van der Waals surface area contributed by atoms with Crippen molar-refractivity contribution >= 4 is 27.9 Å². The molecule has 28 heavy (non-hydrogen) atoms. The van der Waals surface area contributed by atoms with Crippen molar-refractivity contribution in [3.05, 3.63) is 28.5 Å². The number of hydrogen-bond acceptors (Lipinski definition) is 4. The summed E-state index contributed by atoms with van der Waals surface area (Å²) in [4.78, 5) is 23.4. The highest BCUT2D eigenvalue weighted by Gasteiger charge is 2.09. The second-order valence-electron chi connectivity index (χ2n) is 7.43. The summed E-state index contributed by atoms with van der Waals surface area (Å²) >= 11 is 3.18. The topological polar surface area (TPSA) is 52.6 Å². The fourth-order valence-electron chi connectivity index (χ4n) is 2.73. The van der Waals surface area contributed by atoms with Crippen LogP contribution in [0, 0.1) is 11.7 Å². The van der Waals surface area contributed by atoms with Crippen LogP contribution in [-0.4, -0.2) is 18.5 Å². The summed E-state index contributed by atoms with van der Waals surface area (Å²) in [6.45, 7) is 4.85. The molecule has 0 aromatic heterocycles. The van der Waals surface area contributed by atoms with Crippen LogP contribution in [0.15, 0.2) is 22.7 Å². The van der Waals surface area contributed by atoms with Crippen LogP contribution in [0.2, 0.25) is 0 Å². The minimum atomic E-state index is -0.383. The maximum Gasteiger partial charge on any atom is 0.311 e. The van der Waals surface area contributed by atoms with Crippen LogP contribution in [-0.2, 0) is 14.3 Å². The van der Waals surface area contributed by atoms with Crippen molar-refractivity contribution in [3.63, 3.8) is 0 Å². The lowest BCUT2D eigenvalue weighted by molar-refractivity contribution is -0.144. The molecule has 0 heterocycles. The molecule has 0 radical (unpaired) electrons. The Bertz CT molecular complexity index is 604. The number of carbonyl (C=O) groups is 2. The van der Waals surface area contributed by atoms with Gasteiger partial charge in [0.05, 0.1) is 11.1 Å². The molecule has 0 aliphatic carbocycles. The van der Waals surface area contributed by atoms with Gasteiger partial charge in [-0.05, 0) is 65.7 Å². The first kappa shape index (κ1) is 24.6. The number of esters is 2. The van der Waals surface area contributed by atoms with E-state index in [0.717, 1.165) is 51.4 Å². The van der Waals surface area contributed by atoms with Gasteiger partial charge in [0.15, 0.2) is 0 Å². The third-order valence-corrected chi connectivity index (χ3v) is 4.94. The van der Waals surface area contributed by atoms with Gasteiger partial charge in [0, 0.05) is 12.8 Å². The van der Waals surface area contributed by atoms with Crippen molar-refractivity contribution in [2.45, 2.75) is 78.1 Å². The quantitative estimate of drug-likeness (QED) is 0.179. The third kappa shape index (κ3) is 12.1. The molecule has 0 amide bonds. The summed E-state index contributed by atoms with van der Waals surface area (Å²) in [5, 5.41) is 0. The zero-order chi connectivity index (χ0) is 20.8. The van der Waals surface area contributed by atoms with Crippen LogP contribution in [0.4, 0.5) is 4.39 Å². The van der Waals surface area contributed by atoms with Gasteiger partial charge in [0.2, 0.25) is 0 Å². The number of unbranched alkanes of at least 4 members (excludes halogenated alkanes) is 5. The van der Waals surface area contributed by atoms with Crippen LogP contribution < -0.4 is 4.74 Å². The van der Waals surface area contributed by atoms with E-state index in [9.17, 15) is 14.0 Å². The molecule has 0 atom stereocenters. The van der Waals surface area contributed by atoms with Crippen molar-refractivity contribution in [1.82, 2.24) is 0 Å².